The van der Waals surface area contributed by atoms with E-state index < -0.39 is 0 Å². The Labute approximate surface area is 108 Å². The highest BCUT2D eigenvalue weighted by molar-refractivity contribution is 8.04. The van der Waals surface area contributed by atoms with Gasteiger partial charge in [0, 0.05) is 17.1 Å². The molecule has 0 spiro atoms. The summed E-state index contributed by atoms with van der Waals surface area (Å²) in [7, 11) is 0. The van der Waals surface area contributed by atoms with Crippen LogP contribution in [-0.2, 0) is 9.53 Å². The molecule has 3 heteroatoms. The van der Waals surface area contributed by atoms with E-state index in [0.29, 0.717) is 18.9 Å². The average Bonchev–Trinajstić information content (AvgIpc) is 2.60. The van der Waals surface area contributed by atoms with Crippen LogP contribution in [-0.4, -0.2) is 17.3 Å². The quantitative estimate of drug-likeness (QED) is 0.695. The molecule has 0 N–H and O–H groups in total. The van der Waals surface area contributed by atoms with Crippen LogP contribution in [0.4, 0.5) is 0 Å². The molecule has 1 atom stereocenters. The third-order valence-corrected chi connectivity index (χ3v) is 3.65. The van der Waals surface area contributed by atoms with Gasteiger partial charge in [-0.3, -0.25) is 4.79 Å². The van der Waals surface area contributed by atoms with Crippen LogP contribution in [0.25, 0.3) is 0 Å². The Bertz CT molecular complexity index is 324. The first-order valence-corrected chi connectivity index (χ1v) is 6.97. The lowest BCUT2D eigenvalue weighted by molar-refractivity contribution is -0.143. The van der Waals surface area contributed by atoms with Crippen LogP contribution in [0.2, 0.25) is 0 Å². The molecule has 0 amide bonds. The van der Waals surface area contributed by atoms with Gasteiger partial charge >= 0.3 is 5.97 Å². The van der Waals surface area contributed by atoms with E-state index in [2.05, 4.69) is 39.0 Å². The van der Waals surface area contributed by atoms with Gasteiger partial charge in [0.15, 0.2) is 0 Å². The highest BCUT2D eigenvalue weighted by Crippen LogP contribution is 2.40. The third kappa shape index (κ3) is 5.44. The fraction of sp³-hybridized carbons (Fsp3) is 0.643. The highest BCUT2D eigenvalue weighted by Gasteiger charge is 2.22. The fourth-order valence-electron chi connectivity index (χ4n) is 1.71. The van der Waals surface area contributed by atoms with Crippen molar-refractivity contribution in [2.45, 2.75) is 45.3 Å². The molecule has 0 heterocycles. The maximum absolute atomic E-state index is 11.3. The van der Waals surface area contributed by atoms with Gasteiger partial charge in [-0.15, -0.1) is 11.8 Å². The normalized spacial score (nSPS) is 19.3. The fourth-order valence-corrected chi connectivity index (χ4v) is 2.91. The smallest absolute Gasteiger partial charge is 0.305 e. The maximum Gasteiger partial charge on any atom is 0.305 e. The van der Waals surface area contributed by atoms with Gasteiger partial charge in [-0.1, -0.05) is 39.0 Å². The Morgan fingerprint density at radius 3 is 2.76 bits per heavy atom. The summed E-state index contributed by atoms with van der Waals surface area (Å²) in [5, 5.41) is 0. The molecule has 17 heavy (non-hydrogen) atoms. The van der Waals surface area contributed by atoms with E-state index >= 15 is 0 Å². The number of thioether (sulfide) groups is 1. The Morgan fingerprint density at radius 1 is 1.47 bits per heavy atom. The number of hydrogen-bond donors (Lipinski definition) is 0. The first-order valence-electron chi connectivity index (χ1n) is 6.15. The van der Waals surface area contributed by atoms with E-state index in [0.717, 1.165) is 6.42 Å². The molecule has 0 fully saturated rings. The SMILES string of the molecule is CCOC(=O)CCC1C=CC=C1SC(C)(C)C. The van der Waals surface area contributed by atoms with E-state index in [-0.39, 0.29) is 10.7 Å². The minimum absolute atomic E-state index is 0.0899. The summed E-state index contributed by atoms with van der Waals surface area (Å²) < 4.78 is 5.17. The molecule has 1 unspecified atom stereocenters. The predicted molar refractivity (Wildman–Crippen MR) is 73.9 cm³/mol. The second-order valence-electron chi connectivity index (χ2n) is 5.12. The summed E-state index contributed by atoms with van der Waals surface area (Å²) in [4.78, 5) is 12.7. The van der Waals surface area contributed by atoms with Crippen LogP contribution in [0.1, 0.15) is 40.5 Å². The van der Waals surface area contributed by atoms with Crippen molar-refractivity contribution in [3.05, 3.63) is 23.1 Å². The molecule has 2 nitrogen and oxygen atoms in total. The van der Waals surface area contributed by atoms with Crippen LogP contribution in [0.15, 0.2) is 23.1 Å². The second-order valence-corrected chi connectivity index (χ2v) is 7.02. The predicted octanol–water partition coefficient (Wildman–Crippen LogP) is 3.93. The van der Waals surface area contributed by atoms with Crippen molar-refractivity contribution in [1.82, 2.24) is 0 Å². The number of carbonyl (C=O) groups is 1. The van der Waals surface area contributed by atoms with E-state index in [1.807, 2.05) is 18.7 Å². The van der Waals surface area contributed by atoms with Crippen molar-refractivity contribution < 1.29 is 9.53 Å². The maximum atomic E-state index is 11.3. The second kappa shape index (κ2) is 6.29. The number of esters is 1. The lowest BCUT2D eigenvalue weighted by atomic mass is 10.1. The van der Waals surface area contributed by atoms with Gasteiger partial charge in [0.25, 0.3) is 0 Å². The van der Waals surface area contributed by atoms with E-state index in [4.69, 9.17) is 4.74 Å². The first kappa shape index (κ1) is 14.4. The molecular weight excluding hydrogens is 232 g/mol. The van der Waals surface area contributed by atoms with E-state index in [1.54, 1.807) is 0 Å². The number of rotatable bonds is 5. The third-order valence-electron chi connectivity index (χ3n) is 2.36. The van der Waals surface area contributed by atoms with Crippen molar-refractivity contribution in [2.75, 3.05) is 6.61 Å². The van der Waals surface area contributed by atoms with Gasteiger partial charge in [0.1, 0.15) is 0 Å². The van der Waals surface area contributed by atoms with Crippen LogP contribution in [0, 0.1) is 5.92 Å². The summed E-state index contributed by atoms with van der Waals surface area (Å²) in [6.07, 6.45) is 7.78. The molecule has 1 aliphatic rings. The van der Waals surface area contributed by atoms with Gasteiger partial charge in [-0.05, 0) is 18.2 Å². The van der Waals surface area contributed by atoms with Gasteiger partial charge in [-0.2, -0.15) is 0 Å². The lowest BCUT2D eigenvalue weighted by Crippen LogP contribution is -2.11. The zero-order valence-electron chi connectivity index (χ0n) is 11.2. The van der Waals surface area contributed by atoms with Gasteiger partial charge in [0.2, 0.25) is 0 Å². The molecular formula is C14H22O2S. The zero-order chi connectivity index (χ0) is 12.9. The topological polar surface area (TPSA) is 26.3 Å². The molecule has 1 aliphatic carbocycles. The van der Waals surface area contributed by atoms with Crippen molar-refractivity contribution in [2.24, 2.45) is 5.92 Å². The molecule has 0 aromatic carbocycles. The van der Waals surface area contributed by atoms with Crippen molar-refractivity contribution in [3.8, 4) is 0 Å². The zero-order valence-corrected chi connectivity index (χ0v) is 12.0. The lowest BCUT2D eigenvalue weighted by Gasteiger charge is -2.22. The van der Waals surface area contributed by atoms with Gasteiger partial charge in [0.05, 0.1) is 6.61 Å². The van der Waals surface area contributed by atoms with E-state index in [9.17, 15) is 4.79 Å². The summed E-state index contributed by atoms with van der Waals surface area (Å²) in [6.45, 7) is 8.94. The van der Waals surface area contributed by atoms with Gasteiger partial charge in [-0.25, -0.2) is 0 Å². The number of hydrogen-bond acceptors (Lipinski definition) is 3. The monoisotopic (exact) mass is 254 g/mol. The molecule has 0 saturated carbocycles. The summed E-state index contributed by atoms with van der Waals surface area (Å²) >= 11 is 1.88. The summed E-state index contributed by atoms with van der Waals surface area (Å²) in [5.41, 5.74) is 0. The standard InChI is InChI=1S/C14H22O2S/c1-5-16-13(15)10-9-11-7-6-8-12(11)17-14(2,3)4/h6-8,11H,5,9-10H2,1-4H3. The average molecular weight is 254 g/mol. The molecule has 96 valence electrons. The van der Waals surface area contributed by atoms with E-state index in [1.165, 1.54) is 4.91 Å². The van der Waals surface area contributed by atoms with Crippen molar-refractivity contribution in [1.29, 1.82) is 0 Å². The molecule has 0 aromatic rings. The molecule has 0 radical (unpaired) electrons. The Hall–Kier alpha value is -0.700. The number of ether oxygens (including phenoxy) is 1. The molecule has 0 bridgehead atoms. The van der Waals surface area contributed by atoms with Crippen LogP contribution >= 0.6 is 11.8 Å². The van der Waals surface area contributed by atoms with Crippen molar-refractivity contribution >= 4 is 17.7 Å². The highest BCUT2D eigenvalue weighted by atomic mass is 32.2. The minimum Gasteiger partial charge on any atom is -0.466 e. The Morgan fingerprint density at radius 2 is 2.18 bits per heavy atom. The van der Waals surface area contributed by atoms with Crippen LogP contribution < -0.4 is 0 Å². The largest absolute Gasteiger partial charge is 0.466 e. The minimum atomic E-state index is -0.0899. The summed E-state index contributed by atoms with van der Waals surface area (Å²) in [5.74, 6) is 0.302. The molecule has 0 aliphatic heterocycles. The van der Waals surface area contributed by atoms with Crippen LogP contribution in [0.3, 0.4) is 0 Å². The van der Waals surface area contributed by atoms with Crippen LogP contribution in [0.5, 0.6) is 0 Å². The molecule has 1 rings (SSSR count). The Balaban J connectivity index is 2.41. The number of carbonyl (C=O) groups excluding carboxylic acids is 1. The number of allylic oxidation sites excluding steroid dienone is 4. The van der Waals surface area contributed by atoms with Gasteiger partial charge < -0.3 is 4.74 Å². The first-order chi connectivity index (χ1) is 7.92. The molecule has 0 saturated heterocycles. The van der Waals surface area contributed by atoms with Crippen molar-refractivity contribution in [3.63, 3.8) is 0 Å². The molecule has 0 aromatic heterocycles. The Kier molecular flexibility index (Phi) is 5.31. The summed E-state index contributed by atoms with van der Waals surface area (Å²) in [6, 6.07) is 0.